The second-order valence-electron chi connectivity index (χ2n) is 7.23. The molecule has 36 heavy (non-hydrogen) atoms. The largest absolute Gasteiger partial charge is 0.477 e. The molecule has 0 saturated carbocycles. The minimum absolute atomic E-state index is 0.0129. The molecule has 1 N–H and O–H groups in total. The Morgan fingerprint density at radius 3 is 2.36 bits per heavy atom. The molecule has 0 aliphatic rings. The van der Waals surface area contributed by atoms with E-state index in [0.717, 1.165) is 30.5 Å². The quantitative estimate of drug-likeness (QED) is 0.238. The Morgan fingerprint density at radius 2 is 1.69 bits per heavy atom. The highest BCUT2D eigenvalue weighted by Crippen LogP contribution is 2.39. The molecule has 0 fully saturated rings. The van der Waals surface area contributed by atoms with Crippen LogP contribution < -0.4 is 10.1 Å². The fourth-order valence-electron chi connectivity index (χ4n) is 3.32. The fraction of sp³-hybridized carbons (Fsp3) is 0.174. The Labute approximate surface area is 199 Å². The number of pyridine rings is 2. The predicted octanol–water partition coefficient (Wildman–Crippen LogP) is 6.82. The van der Waals surface area contributed by atoms with Crippen molar-refractivity contribution in [2.75, 3.05) is 11.9 Å². The fourth-order valence-corrected chi connectivity index (χ4v) is 3.32. The SMILES string of the molecule is [C-]#[N+]c1ccc(-c2cnc3c(Nc4ccc(C(F)(F)F)c(OCC)n4)ccnc3n2)c(C(F)(F)F)c1. The summed E-state index contributed by atoms with van der Waals surface area (Å²) < 4.78 is 85.4. The summed E-state index contributed by atoms with van der Waals surface area (Å²) in [6.07, 6.45) is -6.98. The van der Waals surface area contributed by atoms with Crippen molar-refractivity contribution in [3.63, 3.8) is 0 Å². The Kier molecular flexibility index (Phi) is 6.36. The van der Waals surface area contributed by atoms with Gasteiger partial charge in [-0.1, -0.05) is 12.1 Å². The number of halogens is 6. The Bertz CT molecular complexity index is 1480. The molecule has 7 nitrogen and oxygen atoms in total. The number of ether oxygens (including phenoxy) is 1. The number of hydrogen-bond donors (Lipinski definition) is 1. The number of alkyl halides is 6. The molecular weight excluding hydrogens is 490 g/mol. The van der Waals surface area contributed by atoms with Gasteiger partial charge < -0.3 is 10.1 Å². The van der Waals surface area contributed by atoms with Crippen LogP contribution >= 0.6 is 0 Å². The number of nitrogens with one attached hydrogen (secondary N) is 1. The van der Waals surface area contributed by atoms with Crippen molar-refractivity contribution in [3.8, 4) is 17.1 Å². The van der Waals surface area contributed by atoms with E-state index in [0.29, 0.717) is 0 Å². The third-order valence-electron chi connectivity index (χ3n) is 4.87. The number of rotatable bonds is 5. The van der Waals surface area contributed by atoms with Crippen LogP contribution in [0.5, 0.6) is 5.88 Å². The summed E-state index contributed by atoms with van der Waals surface area (Å²) >= 11 is 0. The summed E-state index contributed by atoms with van der Waals surface area (Å²) in [5.74, 6) is -0.594. The highest BCUT2D eigenvalue weighted by Gasteiger charge is 2.36. The van der Waals surface area contributed by atoms with Crippen LogP contribution in [0.1, 0.15) is 18.1 Å². The average Bonchev–Trinajstić information content (AvgIpc) is 2.82. The van der Waals surface area contributed by atoms with Gasteiger partial charge in [0.15, 0.2) is 11.3 Å². The van der Waals surface area contributed by atoms with Gasteiger partial charge in [0.05, 0.1) is 36.3 Å². The lowest BCUT2D eigenvalue weighted by Gasteiger charge is -2.15. The Balaban J connectivity index is 1.74. The van der Waals surface area contributed by atoms with Gasteiger partial charge in [0.1, 0.15) is 16.9 Å². The zero-order valence-corrected chi connectivity index (χ0v) is 18.2. The number of hydrogen-bond acceptors (Lipinski definition) is 6. The summed E-state index contributed by atoms with van der Waals surface area (Å²) in [6, 6.07) is 6.48. The number of benzene rings is 1. The van der Waals surface area contributed by atoms with Crippen molar-refractivity contribution >= 4 is 28.4 Å². The Morgan fingerprint density at radius 1 is 0.944 bits per heavy atom. The van der Waals surface area contributed by atoms with Crippen LogP contribution in [-0.2, 0) is 12.4 Å². The summed E-state index contributed by atoms with van der Waals surface area (Å²) in [7, 11) is 0. The molecule has 4 rings (SSSR count). The average molecular weight is 504 g/mol. The van der Waals surface area contributed by atoms with E-state index in [-0.39, 0.29) is 46.2 Å². The van der Waals surface area contributed by atoms with Crippen LogP contribution in [0.25, 0.3) is 27.3 Å². The summed E-state index contributed by atoms with van der Waals surface area (Å²) in [5.41, 5.74) is -2.28. The molecule has 0 bridgehead atoms. The molecule has 0 aliphatic heterocycles. The molecule has 0 atom stereocenters. The lowest BCUT2D eigenvalue weighted by Crippen LogP contribution is -2.11. The second kappa shape index (κ2) is 9.29. The smallest absolute Gasteiger partial charge is 0.421 e. The van der Waals surface area contributed by atoms with Crippen molar-refractivity contribution < 1.29 is 31.1 Å². The van der Waals surface area contributed by atoms with E-state index in [1.165, 1.54) is 25.3 Å². The van der Waals surface area contributed by atoms with Gasteiger partial charge in [-0.05, 0) is 31.2 Å². The van der Waals surface area contributed by atoms with Crippen LogP contribution in [0.3, 0.4) is 0 Å². The standard InChI is InChI=1S/C23H14F6N6O/c1-3-36-21-14(22(24,25)26)6-7-18(35-21)33-16-8-9-31-20-19(16)32-11-17(34-20)13-5-4-12(30-2)10-15(13)23(27,28)29/h4-11H,3H2,1H3,(H,31,33,34,35). The van der Waals surface area contributed by atoms with Crippen molar-refractivity contribution in [2.45, 2.75) is 19.3 Å². The first kappa shape index (κ1) is 24.6. The van der Waals surface area contributed by atoms with Gasteiger partial charge in [-0.2, -0.15) is 31.3 Å². The topological polar surface area (TPSA) is 77.2 Å². The molecule has 184 valence electrons. The molecule has 4 aromatic rings. The predicted molar refractivity (Wildman–Crippen MR) is 118 cm³/mol. The van der Waals surface area contributed by atoms with Crippen molar-refractivity contribution in [1.82, 2.24) is 19.9 Å². The molecule has 0 aliphatic carbocycles. The van der Waals surface area contributed by atoms with E-state index in [1.54, 1.807) is 0 Å². The number of fused-ring (bicyclic) bond motifs is 1. The van der Waals surface area contributed by atoms with Gasteiger partial charge in [-0.15, -0.1) is 0 Å². The molecule has 0 radical (unpaired) electrons. The summed E-state index contributed by atoms with van der Waals surface area (Å²) in [5, 5.41) is 2.82. The summed E-state index contributed by atoms with van der Waals surface area (Å²) in [4.78, 5) is 19.3. The van der Waals surface area contributed by atoms with Gasteiger partial charge in [0, 0.05) is 11.8 Å². The zero-order chi connectivity index (χ0) is 26.1. The minimum atomic E-state index is -4.74. The maximum atomic E-state index is 13.6. The molecular formula is C23H14F6N6O. The van der Waals surface area contributed by atoms with Gasteiger partial charge in [-0.3, -0.25) is 0 Å². The number of aromatic nitrogens is 4. The highest BCUT2D eigenvalue weighted by atomic mass is 19.4. The second-order valence-corrected chi connectivity index (χ2v) is 7.23. The van der Waals surface area contributed by atoms with E-state index < -0.39 is 29.4 Å². The molecule has 0 saturated heterocycles. The van der Waals surface area contributed by atoms with Crippen LogP contribution in [0.4, 0.5) is 43.5 Å². The maximum absolute atomic E-state index is 13.6. The van der Waals surface area contributed by atoms with Crippen LogP contribution in [0.15, 0.2) is 48.8 Å². The molecule has 13 heteroatoms. The van der Waals surface area contributed by atoms with E-state index in [4.69, 9.17) is 11.3 Å². The minimum Gasteiger partial charge on any atom is -0.477 e. The first-order valence-corrected chi connectivity index (χ1v) is 10.2. The van der Waals surface area contributed by atoms with E-state index in [2.05, 4.69) is 30.1 Å². The normalized spacial score (nSPS) is 11.8. The van der Waals surface area contributed by atoms with Crippen molar-refractivity contribution in [3.05, 3.63) is 71.3 Å². The van der Waals surface area contributed by atoms with Crippen LogP contribution in [-0.4, -0.2) is 26.5 Å². The van der Waals surface area contributed by atoms with E-state index in [1.807, 2.05) is 0 Å². The molecule has 3 heterocycles. The van der Waals surface area contributed by atoms with Gasteiger partial charge in [-0.25, -0.2) is 19.8 Å². The molecule has 3 aromatic heterocycles. The Hall–Kier alpha value is -4.47. The van der Waals surface area contributed by atoms with Crippen molar-refractivity contribution in [2.24, 2.45) is 0 Å². The molecule has 0 unspecified atom stereocenters. The van der Waals surface area contributed by atoms with Crippen molar-refractivity contribution in [1.29, 1.82) is 0 Å². The van der Waals surface area contributed by atoms with Crippen LogP contribution in [0, 0.1) is 6.57 Å². The monoisotopic (exact) mass is 504 g/mol. The number of nitrogens with zero attached hydrogens (tertiary/aromatic N) is 5. The molecule has 1 aromatic carbocycles. The van der Waals surface area contributed by atoms with Gasteiger partial charge in [0.25, 0.3) is 0 Å². The number of anilines is 2. The van der Waals surface area contributed by atoms with E-state index in [9.17, 15) is 26.3 Å². The van der Waals surface area contributed by atoms with Gasteiger partial charge >= 0.3 is 12.4 Å². The lowest BCUT2D eigenvalue weighted by molar-refractivity contribution is -0.139. The van der Waals surface area contributed by atoms with Crippen LogP contribution in [0.2, 0.25) is 0 Å². The summed E-state index contributed by atoms with van der Waals surface area (Å²) in [6.45, 7) is 8.45. The third-order valence-corrected chi connectivity index (χ3v) is 4.87. The lowest BCUT2D eigenvalue weighted by atomic mass is 10.0. The van der Waals surface area contributed by atoms with E-state index >= 15 is 0 Å². The zero-order valence-electron chi connectivity index (χ0n) is 18.2. The molecule has 0 spiro atoms. The first-order valence-electron chi connectivity index (χ1n) is 10.2. The third kappa shape index (κ3) is 4.97. The molecule has 0 amide bonds. The maximum Gasteiger partial charge on any atom is 0.421 e. The first-order chi connectivity index (χ1) is 17.0. The highest BCUT2D eigenvalue weighted by molar-refractivity contribution is 5.88. The van der Waals surface area contributed by atoms with Gasteiger partial charge in [0.2, 0.25) is 5.88 Å².